The third kappa shape index (κ3) is 3.03. The summed E-state index contributed by atoms with van der Waals surface area (Å²) in [5.41, 5.74) is 5.07. The molecule has 3 rings (SSSR count). The number of hydrazine groups is 1. The summed E-state index contributed by atoms with van der Waals surface area (Å²) >= 11 is 5.75. The third-order valence-electron chi connectivity index (χ3n) is 4.91. The van der Waals surface area contributed by atoms with E-state index in [1.807, 2.05) is 0 Å². The molecule has 0 aromatic heterocycles. The van der Waals surface area contributed by atoms with Crippen molar-refractivity contribution in [3.05, 3.63) is 34.9 Å². The van der Waals surface area contributed by atoms with Crippen molar-refractivity contribution in [3.8, 4) is 0 Å². The average Bonchev–Trinajstić information content (AvgIpc) is 3.13. The van der Waals surface area contributed by atoms with Crippen LogP contribution in [0.15, 0.2) is 24.3 Å². The Hall–Kier alpha value is -2.08. The number of carboxylic acid groups (broad SMARTS) is 1. The minimum absolute atomic E-state index is 0.0696. The molecular weight excluding hydrogens is 320 g/mol. The molecule has 1 aromatic rings. The van der Waals surface area contributed by atoms with Gasteiger partial charge < -0.3 is 5.11 Å². The molecule has 1 aromatic carbocycles. The van der Waals surface area contributed by atoms with Crippen molar-refractivity contribution in [1.82, 2.24) is 10.9 Å². The molecule has 0 heterocycles. The molecular formula is C16H17ClN2O4. The number of halogens is 1. The standard InChI is InChI=1S/C16H17ClN2O4/c17-11-5-3-8(4-6-11)14(20)18-19-15(21)12-9-1-2-10(7-9)13(12)16(22)23/h3-6,9-10,12-13H,1-2,7H2,(H,18,20)(H,19,21)(H,22,23)/t9-,10+,12+,13+/m1/s1. The molecule has 2 amide bonds. The van der Waals surface area contributed by atoms with Crippen LogP contribution < -0.4 is 10.9 Å². The normalized spacial score (nSPS) is 28.4. The fourth-order valence-electron chi connectivity index (χ4n) is 3.90. The van der Waals surface area contributed by atoms with Crippen LogP contribution in [-0.2, 0) is 9.59 Å². The maximum atomic E-state index is 12.3. The van der Waals surface area contributed by atoms with Crippen LogP contribution in [0.1, 0.15) is 29.6 Å². The Morgan fingerprint density at radius 3 is 2.22 bits per heavy atom. The van der Waals surface area contributed by atoms with Crippen LogP contribution in [0, 0.1) is 23.7 Å². The monoisotopic (exact) mass is 336 g/mol. The number of carbonyl (C=O) groups excluding carboxylic acids is 2. The van der Waals surface area contributed by atoms with Gasteiger partial charge in [-0.25, -0.2) is 0 Å². The highest BCUT2D eigenvalue weighted by Gasteiger charge is 2.54. The zero-order valence-electron chi connectivity index (χ0n) is 12.3. The molecule has 3 N–H and O–H groups in total. The lowest BCUT2D eigenvalue weighted by Gasteiger charge is -2.26. The molecule has 2 aliphatic rings. The van der Waals surface area contributed by atoms with Crippen molar-refractivity contribution in [2.24, 2.45) is 23.7 Å². The van der Waals surface area contributed by atoms with Crippen LogP contribution in [0.25, 0.3) is 0 Å². The van der Waals surface area contributed by atoms with E-state index >= 15 is 0 Å². The smallest absolute Gasteiger partial charge is 0.307 e. The number of benzene rings is 1. The number of nitrogens with one attached hydrogen (secondary N) is 2. The summed E-state index contributed by atoms with van der Waals surface area (Å²) in [5.74, 6) is -2.88. The molecule has 4 atom stereocenters. The number of hydrogen-bond acceptors (Lipinski definition) is 3. The summed E-state index contributed by atoms with van der Waals surface area (Å²) in [6.45, 7) is 0. The molecule has 0 aliphatic heterocycles. The van der Waals surface area contributed by atoms with Gasteiger partial charge in [-0.2, -0.15) is 0 Å². The summed E-state index contributed by atoms with van der Waals surface area (Å²) in [6, 6.07) is 6.24. The lowest BCUT2D eigenvalue weighted by atomic mass is 9.79. The maximum Gasteiger partial charge on any atom is 0.307 e. The Bertz CT molecular complexity index is 646. The summed E-state index contributed by atoms with van der Waals surface area (Å²) in [5, 5.41) is 9.87. The summed E-state index contributed by atoms with van der Waals surface area (Å²) in [7, 11) is 0. The van der Waals surface area contributed by atoms with Gasteiger partial charge >= 0.3 is 5.97 Å². The number of amides is 2. The minimum atomic E-state index is -0.929. The second-order valence-electron chi connectivity index (χ2n) is 6.17. The molecule has 2 saturated carbocycles. The molecule has 0 unspecified atom stereocenters. The number of aliphatic carboxylic acids is 1. The highest BCUT2D eigenvalue weighted by molar-refractivity contribution is 6.30. The molecule has 2 bridgehead atoms. The number of rotatable bonds is 3. The highest BCUT2D eigenvalue weighted by Crippen LogP contribution is 2.52. The Kier molecular flexibility index (Phi) is 4.26. The molecule has 0 radical (unpaired) electrons. The van der Waals surface area contributed by atoms with Crippen molar-refractivity contribution in [2.45, 2.75) is 19.3 Å². The van der Waals surface area contributed by atoms with Gasteiger partial charge in [-0.3, -0.25) is 25.2 Å². The van der Waals surface area contributed by atoms with E-state index in [0.29, 0.717) is 10.6 Å². The second kappa shape index (κ2) is 6.20. The average molecular weight is 337 g/mol. The Labute approximate surface area is 138 Å². The zero-order chi connectivity index (χ0) is 16.6. The van der Waals surface area contributed by atoms with Gasteiger partial charge in [0.2, 0.25) is 5.91 Å². The molecule has 7 heteroatoms. The van der Waals surface area contributed by atoms with Gasteiger partial charge in [0, 0.05) is 10.6 Å². The first-order chi connectivity index (χ1) is 11.0. The predicted octanol–water partition coefficient (Wildman–Crippen LogP) is 1.85. The molecule has 2 aliphatic carbocycles. The first kappa shape index (κ1) is 15.8. The van der Waals surface area contributed by atoms with Crippen LogP contribution in [0.4, 0.5) is 0 Å². The van der Waals surface area contributed by atoms with E-state index in [2.05, 4.69) is 10.9 Å². The van der Waals surface area contributed by atoms with Crippen molar-refractivity contribution >= 4 is 29.4 Å². The van der Waals surface area contributed by atoms with Gasteiger partial charge in [0.1, 0.15) is 0 Å². The minimum Gasteiger partial charge on any atom is -0.481 e. The molecule has 6 nitrogen and oxygen atoms in total. The van der Waals surface area contributed by atoms with Gasteiger partial charge in [0.25, 0.3) is 5.91 Å². The predicted molar refractivity (Wildman–Crippen MR) is 82.5 cm³/mol. The number of carboxylic acids is 1. The molecule has 0 spiro atoms. The first-order valence-electron chi connectivity index (χ1n) is 7.56. The van der Waals surface area contributed by atoms with Crippen molar-refractivity contribution in [2.75, 3.05) is 0 Å². The quantitative estimate of drug-likeness (QED) is 0.734. The van der Waals surface area contributed by atoms with Gasteiger partial charge in [-0.05, 0) is 55.4 Å². The van der Waals surface area contributed by atoms with Gasteiger partial charge in [0.05, 0.1) is 11.8 Å². The number of fused-ring (bicyclic) bond motifs is 2. The van der Waals surface area contributed by atoms with E-state index in [4.69, 9.17) is 11.6 Å². The van der Waals surface area contributed by atoms with Gasteiger partial charge in [0.15, 0.2) is 0 Å². The van der Waals surface area contributed by atoms with Crippen LogP contribution in [0.5, 0.6) is 0 Å². The molecule has 23 heavy (non-hydrogen) atoms. The zero-order valence-corrected chi connectivity index (χ0v) is 13.0. The van der Waals surface area contributed by atoms with Crippen molar-refractivity contribution < 1.29 is 19.5 Å². The summed E-state index contributed by atoms with van der Waals surface area (Å²) in [6.07, 6.45) is 2.51. The summed E-state index contributed by atoms with van der Waals surface area (Å²) < 4.78 is 0. The van der Waals surface area contributed by atoms with E-state index < -0.39 is 29.6 Å². The van der Waals surface area contributed by atoms with Crippen LogP contribution in [0.2, 0.25) is 5.02 Å². The lowest BCUT2D eigenvalue weighted by Crippen LogP contribution is -2.48. The summed E-state index contributed by atoms with van der Waals surface area (Å²) in [4.78, 5) is 35.7. The molecule has 2 fully saturated rings. The Balaban J connectivity index is 1.62. The topological polar surface area (TPSA) is 95.5 Å². The van der Waals surface area contributed by atoms with E-state index in [1.165, 1.54) is 0 Å². The SMILES string of the molecule is O=C(NNC(=O)[C@H]1[C@@H]2CC[C@@H](C2)[C@@H]1C(=O)O)c1ccc(Cl)cc1. The molecule has 122 valence electrons. The van der Waals surface area contributed by atoms with Crippen molar-refractivity contribution in [1.29, 1.82) is 0 Å². The van der Waals surface area contributed by atoms with E-state index in [-0.39, 0.29) is 11.8 Å². The van der Waals surface area contributed by atoms with Crippen LogP contribution >= 0.6 is 11.6 Å². The highest BCUT2D eigenvalue weighted by atomic mass is 35.5. The number of carbonyl (C=O) groups is 3. The molecule has 0 saturated heterocycles. The third-order valence-corrected chi connectivity index (χ3v) is 5.16. The fraction of sp³-hybridized carbons (Fsp3) is 0.438. The van der Waals surface area contributed by atoms with E-state index in [9.17, 15) is 19.5 Å². The van der Waals surface area contributed by atoms with E-state index in [1.54, 1.807) is 24.3 Å². The number of hydrogen-bond donors (Lipinski definition) is 3. The van der Waals surface area contributed by atoms with Gasteiger partial charge in [-0.1, -0.05) is 11.6 Å². The van der Waals surface area contributed by atoms with Crippen LogP contribution in [-0.4, -0.2) is 22.9 Å². The maximum absolute atomic E-state index is 12.3. The van der Waals surface area contributed by atoms with E-state index in [0.717, 1.165) is 19.3 Å². The largest absolute Gasteiger partial charge is 0.481 e. The van der Waals surface area contributed by atoms with Crippen LogP contribution in [0.3, 0.4) is 0 Å². The van der Waals surface area contributed by atoms with Gasteiger partial charge in [-0.15, -0.1) is 0 Å². The van der Waals surface area contributed by atoms with Crippen molar-refractivity contribution in [3.63, 3.8) is 0 Å². The first-order valence-corrected chi connectivity index (χ1v) is 7.93. The Morgan fingerprint density at radius 1 is 1.00 bits per heavy atom. The second-order valence-corrected chi connectivity index (χ2v) is 6.61. The fourth-order valence-corrected chi connectivity index (χ4v) is 4.03. The lowest BCUT2D eigenvalue weighted by molar-refractivity contribution is -0.149. The Morgan fingerprint density at radius 2 is 1.61 bits per heavy atom.